The summed E-state index contributed by atoms with van der Waals surface area (Å²) in [4.78, 5) is 23.2. The van der Waals surface area contributed by atoms with Gasteiger partial charge in [-0.1, -0.05) is 35.3 Å². The van der Waals surface area contributed by atoms with Crippen LogP contribution in [0.25, 0.3) is 11.1 Å². The largest absolute Gasteiger partial charge is 0.379 e. The molecule has 3 aromatic rings. The molecule has 2 fully saturated rings. The molecule has 6 rings (SSSR count). The smallest absolute Gasteiger partial charge is 0.243 e. The van der Waals surface area contributed by atoms with Gasteiger partial charge in [-0.2, -0.15) is 4.31 Å². The molecule has 1 aliphatic carbocycles. The Morgan fingerprint density at radius 3 is 2.44 bits per heavy atom. The van der Waals surface area contributed by atoms with Crippen LogP contribution in [0.2, 0.25) is 10.0 Å². The number of carbonyl (C=O) groups is 1. The molecule has 1 N–H and O–H groups in total. The molecule has 2 aromatic carbocycles. The number of H-pyrrole nitrogens is 1. The molecule has 3 aliphatic rings. The molecule has 39 heavy (non-hydrogen) atoms. The standard InChI is InChI=1S/C28H30Cl2N4O4S/c29-24-14-20(18-1-4-22(5-2-18)39(36,37)33-9-11-38-12-10-33)15-25(30)23(24)13-19-7-8-34(28(19)35)21-3-6-26-27(16-21)32-17-31-26/h1-2,4-5,14-15,17,19,21H,3,6-13,16H2,(H,31,32). The number of rotatable bonds is 6. The van der Waals surface area contributed by atoms with Crippen LogP contribution in [0.5, 0.6) is 0 Å². The summed E-state index contributed by atoms with van der Waals surface area (Å²) in [5, 5.41) is 1.02. The van der Waals surface area contributed by atoms with Gasteiger partial charge in [0.05, 0.1) is 30.1 Å². The normalized spacial score (nSPS) is 22.3. The molecule has 0 saturated carbocycles. The van der Waals surface area contributed by atoms with Crippen LogP contribution in [0.3, 0.4) is 0 Å². The summed E-state index contributed by atoms with van der Waals surface area (Å²) in [5.41, 5.74) is 4.62. The molecule has 2 unspecified atom stereocenters. The van der Waals surface area contributed by atoms with Gasteiger partial charge in [0.2, 0.25) is 15.9 Å². The van der Waals surface area contributed by atoms with Crippen molar-refractivity contribution < 1.29 is 17.9 Å². The number of imidazole rings is 1. The highest BCUT2D eigenvalue weighted by Gasteiger charge is 2.38. The van der Waals surface area contributed by atoms with Gasteiger partial charge in [0.25, 0.3) is 0 Å². The Morgan fingerprint density at radius 2 is 1.72 bits per heavy atom. The van der Waals surface area contributed by atoms with Crippen molar-refractivity contribution >= 4 is 39.1 Å². The second-order valence-corrected chi connectivity index (χ2v) is 13.2. The lowest BCUT2D eigenvalue weighted by atomic mass is 9.94. The molecule has 2 saturated heterocycles. The van der Waals surface area contributed by atoms with Gasteiger partial charge in [-0.3, -0.25) is 4.79 Å². The van der Waals surface area contributed by atoms with Crippen LogP contribution in [0, 0.1) is 5.92 Å². The third-order valence-electron chi connectivity index (χ3n) is 8.14. The minimum Gasteiger partial charge on any atom is -0.379 e. The van der Waals surface area contributed by atoms with Gasteiger partial charge in [0.1, 0.15) is 0 Å². The lowest BCUT2D eigenvalue weighted by molar-refractivity contribution is -0.133. The minimum absolute atomic E-state index is 0.154. The molecule has 2 atom stereocenters. The van der Waals surface area contributed by atoms with Crippen LogP contribution in [0.4, 0.5) is 0 Å². The number of nitrogens with one attached hydrogen (secondary N) is 1. The quantitative estimate of drug-likeness (QED) is 0.462. The maximum atomic E-state index is 13.4. The predicted molar refractivity (Wildman–Crippen MR) is 149 cm³/mol. The molecular weight excluding hydrogens is 559 g/mol. The topological polar surface area (TPSA) is 95.6 Å². The second-order valence-electron chi connectivity index (χ2n) is 10.4. The number of fused-ring (bicyclic) bond motifs is 1. The number of halogens is 2. The zero-order valence-electron chi connectivity index (χ0n) is 21.4. The van der Waals surface area contributed by atoms with E-state index in [-0.39, 0.29) is 22.8 Å². The molecule has 1 amide bonds. The van der Waals surface area contributed by atoms with Crippen molar-refractivity contribution in [3.05, 3.63) is 69.7 Å². The van der Waals surface area contributed by atoms with Gasteiger partial charge in [0, 0.05) is 53.8 Å². The first-order valence-corrected chi connectivity index (χ1v) is 15.5. The maximum Gasteiger partial charge on any atom is 0.243 e. The monoisotopic (exact) mass is 588 g/mol. The fourth-order valence-electron chi connectivity index (χ4n) is 5.93. The Kier molecular flexibility index (Phi) is 7.45. The highest BCUT2D eigenvalue weighted by molar-refractivity contribution is 7.89. The van der Waals surface area contributed by atoms with E-state index in [0.29, 0.717) is 42.8 Å². The van der Waals surface area contributed by atoms with Gasteiger partial charge in [0.15, 0.2) is 0 Å². The highest BCUT2D eigenvalue weighted by atomic mass is 35.5. The first-order chi connectivity index (χ1) is 18.8. The van der Waals surface area contributed by atoms with Gasteiger partial charge >= 0.3 is 0 Å². The summed E-state index contributed by atoms with van der Waals surface area (Å²) in [5.74, 6) is 0.00920. The Bertz CT molecular complexity index is 1460. The van der Waals surface area contributed by atoms with E-state index in [1.165, 1.54) is 4.31 Å². The molecule has 0 radical (unpaired) electrons. The number of carbonyl (C=O) groups excluding carboxylic acids is 1. The van der Waals surface area contributed by atoms with Crippen molar-refractivity contribution in [2.45, 2.75) is 43.0 Å². The molecule has 2 aliphatic heterocycles. The average molecular weight is 590 g/mol. The SMILES string of the molecule is O=C1C(Cc2c(Cl)cc(-c3ccc(S(=O)(=O)N4CCOCC4)cc3)cc2Cl)CCN1C1CCc2nc[nH]c2C1. The number of aryl methyl sites for hydroxylation is 1. The van der Waals surface area contributed by atoms with Gasteiger partial charge in [-0.15, -0.1) is 0 Å². The molecule has 0 bridgehead atoms. The van der Waals surface area contributed by atoms with E-state index < -0.39 is 10.0 Å². The van der Waals surface area contributed by atoms with Crippen LogP contribution in [0.1, 0.15) is 29.8 Å². The average Bonchev–Trinajstić information content (AvgIpc) is 3.57. The second kappa shape index (κ2) is 10.9. The summed E-state index contributed by atoms with van der Waals surface area (Å²) < 4.78 is 32.6. The first kappa shape index (κ1) is 26.8. The molecule has 3 heterocycles. The number of ether oxygens (including phenoxy) is 1. The summed E-state index contributed by atoms with van der Waals surface area (Å²) in [6.07, 6.45) is 5.63. The number of hydrogen-bond donors (Lipinski definition) is 1. The number of morpholine rings is 1. The van der Waals surface area contributed by atoms with Crippen molar-refractivity contribution in [2.24, 2.45) is 5.92 Å². The van der Waals surface area contributed by atoms with Crippen molar-refractivity contribution in [1.82, 2.24) is 19.2 Å². The van der Waals surface area contributed by atoms with E-state index in [1.54, 1.807) is 30.6 Å². The number of amides is 1. The molecular formula is C28H30Cl2N4O4S. The Morgan fingerprint density at radius 1 is 1.00 bits per heavy atom. The molecule has 206 valence electrons. The summed E-state index contributed by atoms with van der Waals surface area (Å²) >= 11 is 13.4. The molecule has 1 aromatic heterocycles. The fourth-order valence-corrected chi connectivity index (χ4v) is 7.98. The van der Waals surface area contributed by atoms with Crippen molar-refractivity contribution in [2.75, 3.05) is 32.8 Å². The summed E-state index contributed by atoms with van der Waals surface area (Å²) in [6, 6.07) is 10.6. The predicted octanol–water partition coefficient (Wildman–Crippen LogP) is 4.35. The Labute approximate surface area is 238 Å². The molecule has 0 spiro atoms. The third-order valence-corrected chi connectivity index (χ3v) is 10.7. The third kappa shape index (κ3) is 5.23. The van der Waals surface area contributed by atoms with E-state index in [2.05, 4.69) is 9.97 Å². The number of likely N-dealkylation sites (tertiary alicyclic amines) is 1. The number of aromatic nitrogens is 2. The van der Waals surface area contributed by atoms with E-state index in [4.69, 9.17) is 27.9 Å². The summed E-state index contributed by atoms with van der Waals surface area (Å²) in [6.45, 7) is 2.24. The lowest BCUT2D eigenvalue weighted by Crippen LogP contribution is -2.41. The van der Waals surface area contributed by atoms with Crippen LogP contribution in [-0.4, -0.2) is 72.4 Å². The zero-order chi connectivity index (χ0) is 27.1. The number of nitrogens with zero attached hydrogens (tertiary/aromatic N) is 3. The van der Waals surface area contributed by atoms with Gasteiger partial charge in [-0.05, 0) is 66.6 Å². The molecule has 11 heteroatoms. The maximum absolute atomic E-state index is 13.4. The van der Waals surface area contributed by atoms with Crippen LogP contribution >= 0.6 is 23.2 Å². The zero-order valence-corrected chi connectivity index (χ0v) is 23.7. The van der Waals surface area contributed by atoms with E-state index in [9.17, 15) is 13.2 Å². The van der Waals surface area contributed by atoms with Crippen molar-refractivity contribution in [3.8, 4) is 11.1 Å². The first-order valence-electron chi connectivity index (χ1n) is 13.3. The highest BCUT2D eigenvalue weighted by Crippen LogP contribution is 2.37. The van der Waals surface area contributed by atoms with Crippen LogP contribution in [0.15, 0.2) is 47.6 Å². The lowest BCUT2D eigenvalue weighted by Gasteiger charge is -2.31. The van der Waals surface area contributed by atoms with Gasteiger partial charge in [-0.25, -0.2) is 13.4 Å². The minimum atomic E-state index is -3.57. The number of sulfonamides is 1. The van der Waals surface area contributed by atoms with E-state index in [1.807, 2.05) is 17.0 Å². The van der Waals surface area contributed by atoms with Crippen molar-refractivity contribution in [3.63, 3.8) is 0 Å². The Balaban J connectivity index is 1.15. The van der Waals surface area contributed by atoms with Gasteiger partial charge < -0.3 is 14.6 Å². The van der Waals surface area contributed by atoms with Crippen molar-refractivity contribution in [1.29, 1.82) is 0 Å². The fraction of sp³-hybridized carbons (Fsp3) is 0.429. The van der Waals surface area contributed by atoms with Crippen LogP contribution < -0.4 is 0 Å². The molecule has 8 nitrogen and oxygen atoms in total. The van der Waals surface area contributed by atoms with Crippen LogP contribution in [-0.2, 0) is 38.8 Å². The number of benzene rings is 2. The van der Waals surface area contributed by atoms with E-state index in [0.717, 1.165) is 60.3 Å². The Hall–Kier alpha value is -2.43. The number of aromatic amines is 1. The number of hydrogen-bond acceptors (Lipinski definition) is 5. The van der Waals surface area contributed by atoms with E-state index >= 15 is 0 Å². The summed E-state index contributed by atoms with van der Waals surface area (Å²) in [7, 11) is -3.57.